The molecule has 288 valence electrons. The van der Waals surface area contributed by atoms with Crippen LogP contribution in [-0.2, 0) is 5.41 Å². The Labute approximate surface area is 347 Å². The molecule has 0 aliphatic heterocycles. The van der Waals surface area contributed by atoms with Gasteiger partial charge in [0.15, 0.2) is 0 Å². The van der Waals surface area contributed by atoms with Crippen molar-refractivity contribution in [1.82, 2.24) is 0 Å². The molecule has 0 radical (unpaired) electrons. The van der Waals surface area contributed by atoms with Gasteiger partial charge in [-0.1, -0.05) is 140 Å². The highest BCUT2D eigenvalue weighted by molar-refractivity contribution is 6.12. The van der Waals surface area contributed by atoms with Gasteiger partial charge in [0.05, 0.1) is 11.1 Å². The molecule has 1 atom stereocenters. The van der Waals surface area contributed by atoms with Gasteiger partial charge in [-0.25, -0.2) is 0 Å². The zero-order chi connectivity index (χ0) is 39.1. The van der Waals surface area contributed by atoms with E-state index in [-0.39, 0.29) is 11.3 Å². The number of hydrogen-bond acceptors (Lipinski definition) is 2. The fourth-order valence-corrected chi connectivity index (χ4v) is 12.9. The van der Waals surface area contributed by atoms with Crippen molar-refractivity contribution in [1.29, 1.82) is 0 Å². The second-order valence-electron chi connectivity index (χ2n) is 18.0. The van der Waals surface area contributed by atoms with Crippen LogP contribution in [0.1, 0.15) is 55.7 Å². The molecule has 0 amide bonds. The summed E-state index contributed by atoms with van der Waals surface area (Å²) in [5, 5.41) is 2.30. The summed E-state index contributed by atoms with van der Waals surface area (Å²) in [6.45, 7) is 2.93. The molecule has 13 rings (SSSR count). The van der Waals surface area contributed by atoms with Crippen molar-refractivity contribution in [3.05, 3.63) is 198 Å². The zero-order valence-electron chi connectivity index (χ0n) is 33.7. The maximum Gasteiger partial charge on any atom is 0.137 e. The minimum absolute atomic E-state index is 0.129. The van der Waals surface area contributed by atoms with Crippen LogP contribution in [0, 0.1) is 29.6 Å². The van der Waals surface area contributed by atoms with Gasteiger partial charge >= 0.3 is 0 Å². The maximum absolute atomic E-state index is 6.46. The van der Waals surface area contributed by atoms with Gasteiger partial charge in [0.25, 0.3) is 0 Å². The molecule has 59 heavy (non-hydrogen) atoms. The molecule has 0 saturated heterocycles. The van der Waals surface area contributed by atoms with Crippen LogP contribution in [0.15, 0.2) is 186 Å². The van der Waals surface area contributed by atoms with E-state index in [9.17, 15) is 0 Å². The molecule has 0 N–H and O–H groups in total. The van der Waals surface area contributed by atoms with Gasteiger partial charge < -0.3 is 9.32 Å². The molecule has 6 aliphatic carbocycles. The summed E-state index contributed by atoms with van der Waals surface area (Å²) in [7, 11) is 0. The third kappa shape index (κ3) is 5.38. The van der Waals surface area contributed by atoms with E-state index in [1.54, 1.807) is 11.1 Å². The van der Waals surface area contributed by atoms with E-state index in [0.29, 0.717) is 0 Å². The second-order valence-corrected chi connectivity index (χ2v) is 18.0. The third-order valence-electron chi connectivity index (χ3n) is 15.0. The minimum Gasteiger partial charge on any atom is -0.456 e. The summed E-state index contributed by atoms with van der Waals surface area (Å²) in [6.07, 6.45) is 20.9. The Bertz CT molecular complexity index is 2850. The average molecular weight is 764 g/mol. The van der Waals surface area contributed by atoms with Crippen molar-refractivity contribution in [2.45, 2.75) is 44.4 Å². The number of rotatable bonds is 7. The normalized spacial score (nSPS) is 25.7. The van der Waals surface area contributed by atoms with Crippen molar-refractivity contribution >= 4 is 38.9 Å². The predicted octanol–water partition coefficient (Wildman–Crippen LogP) is 14.9. The largest absolute Gasteiger partial charge is 0.456 e. The molecule has 6 aliphatic rings. The molecule has 4 bridgehead atoms. The lowest BCUT2D eigenvalue weighted by Gasteiger charge is -2.61. The number of fused-ring (bicyclic) bond motifs is 6. The van der Waals surface area contributed by atoms with Gasteiger partial charge in [0.2, 0.25) is 0 Å². The van der Waals surface area contributed by atoms with Crippen LogP contribution in [0.25, 0.3) is 49.8 Å². The molecule has 1 unspecified atom stereocenters. The Morgan fingerprint density at radius 2 is 1.37 bits per heavy atom. The van der Waals surface area contributed by atoms with Crippen molar-refractivity contribution in [3.8, 4) is 22.3 Å². The Morgan fingerprint density at radius 1 is 0.661 bits per heavy atom. The monoisotopic (exact) mass is 763 g/mol. The van der Waals surface area contributed by atoms with Crippen molar-refractivity contribution in [2.75, 3.05) is 11.4 Å². The van der Waals surface area contributed by atoms with E-state index < -0.39 is 0 Å². The van der Waals surface area contributed by atoms with E-state index in [0.717, 1.165) is 63.5 Å². The van der Waals surface area contributed by atoms with Crippen LogP contribution in [0.2, 0.25) is 0 Å². The maximum atomic E-state index is 6.46. The van der Waals surface area contributed by atoms with Crippen molar-refractivity contribution in [2.24, 2.45) is 29.6 Å². The molecule has 1 heterocycles. The molecule has 4 saturated carbocycles. The number of anilines is 2. The number of hydrogen-bond donors (Lipinski definition) is 0. The SMILES string of the molecule is C/C=C\C(=C1\C=CC=CC1CN(c1ccc(-c2ccccc2)cc1)c1cccc2oc3ccccc3c12)c1ccc2c(c1)-c1ccccc1C21C2CC3CC(C2)CC1C3. The lowest BCUT2D eigenvalue weighted by Crippen LogP contribution is -2.55. The molecule has 1 aromatic heterocycles. The van der Waals surface area contributed by atoms with Gasteiger partial charge in [0, 0.05) is 29.0 Å². The second kappa shape index (κ2) is 13.7. The van der Waals surface area contributed by atoms with Gasteiger partial charge in [-0.05, 0) is 149 Å². The smallest absolute Gasteiger partial charge is 0.137 e. The number of para-hydroxylation sites is 1. The van der Waals surface area contributed by atoms with Crippen LogP contribution in [0.5, 0.6) is 0 Å². The summed E-state index contributed by atoms with van der Waals surface area (Å²) in [5.74, 6) is 3.53. The van der Waals surface area contributed by atoms with Crippen LogP contribution < -0.4 is 4.90 Å². The van der Waals surface area contributed by atoms with Crippen LogP contribution >= 0.6 is 0 Å². The highest BCUT2D eigenvalue weighted by Crippen LogP contribution is 2.69. The lowest BCUT2D eigenvalue weighted by atomic mass is 9.43. The fraction of sp³-hybridized carbons (Fsp3) is 0.228. The average Bonchev–Trinajstić information content (AvgIpc) is 3.81. The summed E-state index contributed by atoms with van der Waals surface area (Å²) in [6, 6.07) is 51.9. The number of allylic oxidation sites excluding steroid dienone is 6. The Morgan fingerprint density at radius 3 is 2.19 bits per heavy atom. The summed E-state index contributed by atoms with van der Waals surface area (Å²) in [4.78, 5) is 2.52. The molecular weight excluding hydrogens is 715 g/mol. The standard InChI is InChI=1S/C57H49NO/c1-2-13-46(41-26-29-52-50(35-41)48-18-8-10-20-51(48)57(52)43-31-37-30-38(33-43)34-44(57)32-37)47-17-7-6-16-42(47)36-58(45-27-24-40(25-28-45)39-14-4-3-5-15-39)53-21-12-23-55-56(53)49-19-9-11-22-54(49)59-55/h2-29,35,37-38,42-44H,30-34,36H2,1H3/b13-2-,47-46+. The molecule has 7 aromatic rings. The fourth-order valence-electron chi connectivity index (χ4n) is 12.9. The summed E-state index contributed by atoms with van der Waals surface area (Å²) >= 11 is 0. The first-order valence-electron chi connectivity index (χ1n) is 22.0. The van der Waals surface area contributed by atoms with E-state index >= 15 is 0 Å². The van der Waals surface area contributed by atoms with Gasteiger partial charge in [-0.3, -0.25) is 0 Å². The van der Waals surface area contributed by atoms with Crippen LogP contribution in [0.3, 0.4) is 0 Å². The quantitative estimate of drug-likeness (QED) is 0.161. The molecule has 2 nitrogen and oxygen atoms in total. The minimum atomic E-state index is 0.129. The topological polar surface area (TPSA) is 16.4 Å². The first-order valence-corrected chi connectivity index (χ1v) is 22.0. The van der Waals surface area contributed by atoms with Gasteiger partial charge in [-0.2, -0.15) is 0 Å². The molecule has 6 aromatic carbocycles. The first kappa shape index (κ1) is 34.9. The highest BCUT2D eigenvalue weighted by Gasteiger charge is 2.61. The number of nitrogens with zero attached hydrogens (tertiary/aromatic N) is 1. The van der Waals surface area contributed by atoms with Crippen LogP contribution in [-0.4, -0.2) is 6.54 Å². The lowest BCUT2D eigenvalue weighted by molar-refractivity contribution is -0.0399. The number of benzene rings is 6. The molecule has 4 fully saturated rings. The van der Waals surface area contributed by atoms with Crippen molar-refractivity contribution in [3.63, 3.8) is 0 Å². The molecule has 1 spiro atoms. The summed E-state index contributed by atoms with van der Waals surface area (Å²) in [5.41, 5.74) is 16.9. The Balaban J connectivity index is 0.986. The van der Waals surface area contributed by atoms with E-state index in [4.69, 9.17) is 4.42 Å². The van der Waals surface area contributed by atoms with Crippen molar-refractivity contribution < 1.29 is 4.42 Å². The number of furan rings is 1. The first-order chi connectivity index (χ1) is 29.2. The predicted molar refractivity (Wildman–Crippen MR) is 246 cm³/mol. The van der Waals surface area contributed by atoms with E-state index in [1.165, 1.54) is 71.1 Å². The Hall–Kier alpha value is -6.12. The molecular formula is C57H49NO. The van der Waals surface area contributed by atoms with E-state index in [1.807, 2.05) is 0 Å². The third-order valence-corrected chi connectivity index (χ3v) is 15.0. The Kier molecular flexibility index (Phi) is 8.12. The van der Waals surface area contributed by atoms with E-state index in [2.05, 4.69) is 188 Å². The van der Waals surface area contributed by atoms with Crippen LogP contribution in [0.4, 0.5) is 11.4 Å². The van der Waals surface area contributed by atoms with Gasteiger partial charge in [-0.15, -0.1) is 0 Å². The summed E-state index contributed by atoms with van der Waals surface area (Å²) < 4.78 is 6.46. The molecule has 2 heteroatoms. The van der Waals surface area contributed by atoms with Gasteiger partial charge in [0.1, 0.15) is 11.2 Å². The highest BCUT2D eigenvalue weighted by atomic mass is 16.3. The zero-order valence-corrected chi connectivity index (χ0v) is 33.7.